The van der Waals surface area contributed by atoms with Gasteiger partial charge in [-0.2, -0.15) is 0 Å². The predicted octanol–water partition coefficient (Wildman–Crippen LogP) is 2.73. The Morgan fingerprint density at radius 1 is 1.53 bits per heavy atom. The summed E-state index contributed by atoms with van der Waals surface area (Å²) in [5.41, 5.74) is 6.68. The minimum Gasteiger partial charge on any atom is -0.379 e. The van der Waals surface area contributed by atoms with E-state index in [9.17, 15) is 4.39 Å². The van der Waals surface area contributed by atoms with Crippen molar-refractivity contribution in [1.82, 2.24) is 0 Å². The summed E-state index contributed by atoms with van der Waals surface area (Å²) < 4.78 is 18.5. The SMILES string of the molecule is CC(CN)CC1(c2ccc(F)c(Cl)c2)COC1. The number of benzene rings is 1. The smallest absolute Gasteiger partial charge is 0.141 e. The van der Waals surface area contributed by atoms with Crippen molar-refractivity contribution in [2.24, 2.45) is 11.7 Å². The highest BCUT2D eigenvalue weighted by Gasteiger charge is 2.41. The second-order valence-electron chi connectivity index (χ2n) is 4.95. The van der Waals surface area contributed by atoms with Crippen molar-refractivity contribution in [3.05, 3.63) is 34.6 Å². The zero-order valence-electron chi connectivity index (χ0n) is 9.88. The van der Waals surface area contributed by atoms with Gasteiger partial charge in [0, 0.05) is 5.41 Å². The molecular weight excluding hydrogens is 241 g/mol. The average Bonchev–Trinajstić information content (AvgIpc) is 2.27. The minimum absolute atomic E-state index is 0.0316. The molecule has 1 atom stereocenters. The molecule has 1 aliphatic rings. The Labute approximate surface area is 106 Å². The van der Waals surface area contributed by atoms with E-state index < -0.39 is 0 Å². The number of halogens is 2. The van der Waals surface area contributed by atoms with E-state index in [1.165, 1.54) is 6.07 Å². The van der Waals surface area contributed by atoms with Crippen LogP contribution in [-0.4, -0.2) is 19.8 Å². The molecule has 0 radical (unpaired) electrons. The maximum atomic E-state index is 13.2. The van der Waals surface area contributed by atoms with Gasteiger partial charge in [0.05, 0.1) is 18.2 Å². The molecule has 2 nitrogen and oxygen atoms in total. The van der Waals surface area contributed by atoms with Crippen LogP contribution in [0.2, 0.25) is 5.02 Å². The fourth-order valence-corrected chi connectivity index (χ4v) is 2.51. The summed E-state index contributed by atoms with van der Waals surface area (Å²) in [6, 6.07) is 4.93. The van der Waals surface area contributed by atoms with Crippen LogP contribution in [0.1, 0.15) is 18.9 Å². The molecule has 1 saturated heterocycles. The van der Waals surface area contributed by atoms with Gasteiger partial charge in [0.15, 0.2) is 0 Å². The maximum absolute atomic E-state index is 13.2. The topological polar surface area (TPSA) is 35.2 Å². The van der Waals surface area contributed by atoms with Gasteiger partial charge in [-0.05, 0) is 36.6 Å². The van der Waals surface area contributed by atoms with Crippen LogP contribution in [0.4, 0.5) is 4.39 Å². The Morgan fingerprint density at radius 3 is 2.71 bits per heavy atom. The largest absolute Gasteiger partial charge is 0.379 e. The summed E-state index contributed by atoms with van der Waals surface area (Å²) >= 11 is 5.83. The first kappa shape index (κ1) is 12.8. The second-order valence-corrected chi connectivity index (χ2v) is 5.35. The van der Waals surface area contributed by atoms with E-state index in [4.69, 9.17) is 22.1 Å². The molecule has 0 aliphatic carbocycles. The number of ether oxygens (including phenoxy) is 1. The van der Waals surface area contributed by atoms with Gasteiger partial charge in [0.1, 0.15) is 5.82 Å². The van der Waals surface area contributed by atoms with Crippen LogP contribution < -0.4 is 5.73 Å². The standard InChI is InChI=1S/C13H17ClFNO/c1-9(6-16)5-13(7-17-8-13)10-2-3-12(15)11(14)4-10/h2-4,9H,5-8,16H2,1H3. The third-order valence-electron chi connectivity index (χ3n) is 3.43. The third-order valence-corrected chi connectivity index (χ3v) is 3.72. The number of nitrogens with two attached hydrogens (primary N) is 1. The summed E-state index contributed by atoms with van der Waals surface area (Å²) in [4.78, 5) is 0. The lowest BCUT2D eigenvalue weighted by Gasteiger charge is -2.43. The van der Waals surface area contributed by atoms with E-state index in [-0.39, 0.29) is 16.3 Å². The Kier molecular flexibility index (Phi) is 3.71. The molecule has 0 saturated carbocycles. The molecule has 0 spiro atoms. The molecular formula is C13H17ClFNO. The second kappa shape index (κ2) is 4.92. The fourth-order valence-electron chi connectivity index (χ4n) is 2.33. The summed E-state index contributed by atoms with van der Waals surface area (Å²) in [6.07, 6.45) is 0.950. The molecule has 1 aromatic rings. The van der Waals surface area contributed by atoms with E-state index >= 15 is 0 Å². The van der Waals surface area contributed by atoms with Gasteiger partial charge in [-0.1, -0.05) is 24.6 Å². The molecule has 17 heavy (non-hydrogen) atoms. The highest BCUT2D eigenvalue weighted by Crippen LogP contribution is 2.39. The first-order valence-corrected chi connectivity index (χ1v) is 6.18. The van der Waals surface area contributed by atoms with E-state index in [0.717, 1.165) is 12.0 Å². The van der Waals surface area contributed by atoms with Gasteiger partial charge in [-0.15, -0.1) is 0 Å². The molecule has 1 unspecified atom stereocenters. The van der Waals surface area contributed by atoms with Crippen molar-refractivity contribution < 1.29 is 9.13 Å². The molecule has 94 valence electrons. The summed E-state index contributed by atoms with van der Waals surface area (Å²) in [5.74, 6) is 0.0420. The van der Waals surface area contributed by atoms with Crippen molar-refractivity contribution in [2.75, 3.05) is 19.8 Å². The van der Waals surface area contributed by atoms with Gasteiger partial charge in [0.2, 0.25) is 0 Å². The zero-order valence-corrected chi connectivity index (χ0v) is 10.6. The van der Waals surface area contributed by atoms with Crippen LogP contribution in [0, 0.1) is 11.7 Å². The van der Waals surface area contributed by atoms with Gasteiger partial charge < -0.3 is 10.5 Å². The molecule has 0 aromatic heterocycles. The molecule has 4 heteroatoms. The Hall–Kier alpha value is -0.640. The highest BCUT2D eigenvalue weighted by molar-refractivity contribution is 6.30. The van der Waals surface area contributed by atoms with Gasteiger partial charge in [-0.25, -0.2) is 4.39 Å². The van der Waals surface area contributed by atoms with Gasteiger partial charge in [-0.3, -0.25) is 0 Å². The van der Waals surface area contributed by atoms with Crippen molar-refractivity contribution in [1.29, 1.82) is 0 Å². The minimum atomic E-state index is -0.377. The van der Waals surface area contributed by atoms with E-state index in [1.807, 2.05) is 0 Å². The Bertz CT molecular complexity index is 406. The predicted molar refractivity (Wildman–Crippen MR) is 66.7 cm³/mol. The normalized spacial score (nSPS) is 19.8. The quantitative estimate of drug-likeness (QED) is 0.900. The van der Waals surface area contributed by atoms with Crippen LogP contribution in [0.5, 0.6) is 0 Å². The highest BCUT2D eigenvalue weighted by atomic mass is 35.5. The summed E-state index contributed by atoms with van der Waals surface area (Å²) in [5, 5.41) is 0.175. The lowest BCUT2D eigenvalue weighted by molar-refractivity contribution is -0.0702. The van der Waals surface area contributed by atoms with E-state index in [2.05, 4.69) is 6.92 Å². The molecule has 0 bridgehead atoms. The van der Waals surface area contributed by atoms with Crippen molar-refractivity contribution in [3.8, 4) is 0 Å². The molecule has 1 aliphatic heterocycles. The maximum Gasteiger partial charge on any atom is 0.141 e. The lowest BCUT2D eigenvalue weighted by Crippen LogP contribution is -2.48. The van der Waals surface area contributed by atoms with Crippen molar-refractivity contribution >= 4 is 11.6 Å². The van der Waals surface area contributed by atoms with Crippen LogP contribution in [0.15, 0.2) is 18.2 Å². The third kappa shape index (κ3) is 2.46. The molecule has 2 N–H and O–H groups in total. The Morgan fingerprint density at radius 2 is 2.24 bits per heavy atom. The number of rotatable bonds is 4. The van der Waals surface area contributed by atoms with Crippen LogP contribution in [-0.2, 0) is 10.2 Å². The number of hydrogen-bond acceptors (Lipinski definition) is 2. The molecule has 2 rings (SSSR count). The average molecular weight is 258 g/mol. The van der Waals surface area contributed by atoms with Crippen molar-refractivity contribution in [3.63, 3.8) is 0 Å². The van der Waals surface area contributed by atoms with E-state index in [0.29, 0.717) is 25.7 Å². The number of hydrogen-bond donors (Lipinski definition) is 1. The summed E-state index contributed by atoms with van der Waals surface area (Å²) in [6.45, 7) is 4.10. The van der Waals surface area contributed by atoms with Crippen LogP contribution >= 0.6 is 11.6 Å². The summed E-state index contributed by atoms with van der Waals surface area (Å²) in [7, 11) is 0. The first-order chi connectivity index (χ1) is 8.07. The lowest BCUT2D eigenvalue weighted by atomic mass is 9.72. The van der Waals surface area contributed by atoms with Crippen LogP contribution in [0.25, 0.3) is 0 Å². The van der Waals surface area contributed by atoms with Crippen molar-refractivity contribution in [2.45, 2.75) is 18.8 Å². The molecule has 1 fully saturated rings. The monoisotopic (exact) mass is 257 g/mol. The Balaban J connectivity index is 2.25. The fraction of sp³-hybridized carbons (Fsp3) is 0.538. The van der Waals surface area contributed by atoms with Crippen LogP contribution in [0.3, 0.4) is 0 Å². The molecule has 1 heterocycles. The van der Waals surface area contributed by atoms with Gasteiger partial charge >= 0.3 is 0 Å². The van der Waals surface area contributed by atoms with E-state index in [1.54, 1.807) is 12.1 Å². The molecule has 0 amide bonds. The zero-order chi connectivity index (χ0) is 12.5. The first-order valence-electron chi connectivity index (χ1n) is 5.81. The molecule has 1 aromatic carbocycles. The van der Waals surface area contributed by atoms with Gasteiger partial charge in [0.25, 0.3) is 0 Å².